The highest BCUT2D eigenvalue weighted by Gasteiger charge is 2.27. The Kier molecular flexibility index (Phi) is 9.56. The molecule has 0 atom stereocenters. The van der Waals surface area contributed by atoms with Crippen LogP contribution in [-0.2, 0) is 31.5 Å². The van der Waals surface area contributed by atoms with Gasteiger partial charge >= 0.3 is 0 Å². The van der Waals surface area contributed by atoms with Gasteiger partial charge in [0, 0.05) is 37.3 Å². The molecular formula is C37H52N2O2. The maximum Gasteiger partial charge on any atom is 0.161 e. The normalized spacial score (nSPS) is 16.9. The van der Waals surface area contributed by atoms with Gasteiger partial charge in [-0.05, 0) is 93.3 Å². The molecule has 0 spiro atoms. The number of rotatable bonds is 0. The van der Waals surface area contributed by atoms with Crippen molar-refractivity contribution in [1.82, 2.24) is 9.80 Å². The van der Waals surface area contributed by atoms with Gasteiger partial charge in [-0.3, -0.25) is 9.80 Å². The van der Waals surface area contributed by atoms with Crippen LogP contribution in [0.2, 0.25) is 0 Å². The molecule has 4 heteroatoms. The van der Waals surface area contributed by atoms with Gasteiger partial charge < -0.3 is 9.47 Å². The first kappa shape index (κ1) is 31.1. The molecule has 0 radical (unpaired) electrons. The van der Waals surface area contributed by atoms with Crippen LogP contribution in [0.4, 0.5) is 0 Å². The number of nitrogens with zero attached hydrogens (tertiary/aromatic N) is 2. The average Bonchev–Trinajstić information content (AvgIpc) is 3.38. The van der Waals surface area contributed by atoms with Gasteiger partial charge in [0.2, 0.25) is 0 Å². The van der Waals surface area contributed by atoms with Gasteiger partial charge in [0.25, 0.3) is 0 Å². The molecule has 4 nitrogen and oxygen atoms in total. The van der Waals surface area contributed by atoms with Crippen molar-refractivity contribution in [2.24, 2.45) is 0 Å². The molecule has 3 aliphatic heterocycles. The standard InChI is InChI=1S/C13H19N.C12H17N.C12H16O2/c1-13(2,3)14-9-8-11-6-4-5-7-12(11)10-14;1-12(2,3)13-8-10-6-4-5-7-11(10)9-13;1-12(2,3)9-4-5-10-11(8-9)14-7-6-13-10/h4-7H,8-10H2,1-3H3;4-7H,8-9H2,1-3H3;4-5,8H,6-7H2,1-3H3. The first-order valence-electron chi connectivity index (χ1n) is 15.3. The molecule has 0 bridgehead atoms. The Bertz CT molecular complexity index is 1270. The molecule has 0 aliphatic carbocycles. The molecule has 0 fully saturated rings. The highest BCUT2D eigenvalue weighted by Crippen LogP contribution is 2.35. The molecule has 6 rings (SSSR count). The molecule has 3 aliphatic rings. The van der Waals surface area contributed by atoms with E-state index in [1.807, 2.05) is 6.07 Å². The van der Waals surface area contributed by atoms with Gasteiger partial charge in [-0.25, -0.2) is 0 Å². The van der Waals surface area contributed by atoms with Crippen molar-refractivity contribution in [2.75, 3.05) is 19.8 Å². The average molecular weight is 557 g/mol. The highest BCUT2D eigenvalue weighted by molar-refractivity contribution is 5.45. The topological polar surface area (TPSA) is 24.9 Å². The molecule has 3 heterocycles. The quantitative estimate of drug-likeness (QED) is 0.278. The molecule has 0 saturated heterocycles. The van der Waals surface area contributed by atoms with Crippen molar-refractivity contribution >= 4 is 0 Å². The molecular weight excluding hydrogens is 504 g/mol. The van der Waals surface area contributed by atoms with E-state index in [0.717, 1.165) is 31.1 Å². The number of fused-ring (bicyclic) bond motifs is 3. The van der Waals surface area contributed by atoms with Crippen LogP contribution in [0.1, 0.15) is 90.1 Å². The van der Waals surface area contributed by atoms with Gasteiger partial charge in [-0.1, -0.05) is 75.4 Å². The minimum atomic E-state index is 0.163. The van der Waals surface area contributed by atoms with E-state index < -0.39 is 0 Å². The lowest BCUT2D eigenvalue weighted by Gasteiger charge is -2.39. The fraction of sp³-hybridized carbons (Fsp3) is 0.514. The Balaban J connectivity index is 0.000000142. The van der Waals surface area contributed by atoms with Crippen molar-refractivity contribution in [3.8, 4) is 11.5 Å². The summed E-state index contributed by atoms with van der Waals surface area (Å²) in [6.45, 7) is 26.1. The summed E-state index contributed by atoms with van der Waals surface area (Å²) < 4.78 is 11.0. The minimum Gasteiger partial charge on any atom is -0.486 e. The van der Waals surface area contributed by atoms with Gasteiger partial charge in [0.05, 0.1) is 0 Å². The van der Waals surface area contributed by atoms with Crippen LogP contribution in [0, 0.1) is 0 Å². The van der Waals surface area contributed by atoms with E-state index in [9.17, 15) is 0 Å². The first-order chi connectivity index (χ1) is 19.2. The summed E-state index contributed by atoms with van der Waals surface area (Å²) >= 11 is 0. The van der Waals surface area contributed by atoms with Crippen LogP contribution < -0.4 is 9.47 Å². The van der Waals surface area contributed by atoms with E-state index in [-0.39, 0.29) is 5.41 Å². The number of hydrogen-bond acceptors (Lipinski definition) is 4. The molecule has 41 heavy (non-hydrogen) atoms. The number of hydrogen-bond donors (Lipinski definition) is 0. The van der Waals surface area contributed by atoms with Gasteiger partial charge in [0.1, 0.15) is 13.2 Å². The third-order valence-electron chi connectivity index (χ3n) is 8.28. The van der Waals surface area contributed by atoms with E-state index >= 15 is 0 Å². The Labute approximate surface area is 249 Å². The van der Waals surface area contributed by atoms with E-state index in [2.05, 4.69) is 133 Å². The molecule has 0 aromatic heterocycles. The largest absolute Gasteiger partial charge is 0.486 e. The summed E-state index contributed by atoms with van der Waals surface area (Å²) in [4.78, 5) is 5.06. The summed E-state index contributed by atoms with van der Waals surface area (Å²) in [7, 11) is 0. The van der Waals surface area contributed by atoms with Crippen molar-refractivity contribution in [3.63, 3.8) is 0 Å². The van der Waals surface area contributed by atoms with Crippen LogP contribution in [-0.4, -0.2) is 40.6 Å². The zero-order valence-corrected chi connectivity index (χ0v) is 27.0. The summed E-state index contributed by atoms with van der Waals surface area (Å²) in [6.07, 6.45) is 1.20. The Morgan fingerprint density at radius 2 is 1.00 bits per heavy atom. The van der Waals surface area contributed by atoms with Gasteiger partial charge in [-0.15, -0.1) is 0 Å². The third kappa shape index (κ3) is 8.36. The molecule has 0 unspecified atom stereocenters. The second-order valence-electron chi connectivity index (χ2n) is 14.5. The van der Waals surface area contributed by atoms with Crippen LogP contribution in [0.25, 0.3) is 0 Å². The molecule has 0 N–H and O–H groups in total. The monoisotopic (exact) mass is 556 g/mol. The summed E-state index contributed by atoms with van der Waals surface area (Å²) in [5.41, 5.74) is 8.07. The predicted octanol–water partition coefficient (Wildman–Crippen LogP) is 8.40. The van der Waals surface area contributed by atoms with Crippen LogP contribution >= 0.6 is 0 Å². The summed E-state index contributed by atoms with van der Waals surface area (Å²) in [5, 5.41) is 0. The second kappa shape index (κ2) is 12.6. The van der Waals surface area contributed by atoms with E-state index in [0.29, 0.717) is 24.3 Å². The molecule has 3 aromatic rings. The summed E-state index contributed by atoms with van der Waals surface area (Å²) in [6, 6.07) is 23.7. The molecule has 3 aromatic carbocycles. The highest BCUT2D eigenvalue weighted by atomic mass is 16.6. The predicted molar refractivity (Wildman–Crippen MR) is 172 cm³/mol. The lowest BCUT2D eigenvalue weighted by molar-refractivity contribution is 0.121. The maximum atomic E-state index is 5.53. The number of ether oxygens (including phenoxy) is 2. The fourth-order valence-electron chi connectivity index (χ4n) is 5.39. The van der Waals surface area contributed by atoms with Gasteiger partial charge in [0.15, 0.2) is 11.5 Å². The van der Waals surface area contributed by atoms with Crippen molar-refractivity contribution < 1.29 is 9.47 Å². The van der Waals surface area contributed by atoms with E-state index in [1.54, 1.807) is 0 Å². The Morgan fingerprint density at radius 1 is 0.537 bits per heavy atom. The Hall–Kier alpha value is -2.82. The summed E-state index contributed by atoms with van der Waals surface area (Å²) in [5.74, 6) is 1.74. The third-order valence-corrected chi connectivity index (χ3v) is 8.28. The van der Waals surface area contributed by atoms with Gasteiger partial charge in [-0.2, -0.15) is 0 Å². The van der Waals surface area contributed by atoms with Crippen molar-refractivity contribution in [1.29, 1.82) is 0 Å². The SMILES string of the molecule is CC(C)(C)N1CCc2ccccc2C1.CC(C)(C)N1Cc2ccccc2C1.CC(C)(C)c1ccc2c(c1)OCCO2. The van der Waals surface area contributed by atoms with E-state index in [1.165, 1.54) is 40.8 Å². The van der Waals surface area contributed by atoms with Crippen LogP contribution in [0.15, 0.2) is 66.7 Å². The molecule has 222 valence electrons. The second-order valence-corrected chi connectivity index (χ2v) is 14.5. The lowest BCUT2D eigenvalue weighted by Crippen LogP contribution is -2.44. The lowest BCUT2D eigenvalue weighted by atomic mass is 9.87. The van der Waals surface area contributed by atoms with Crippen LogP contribution in [0.3, 0.4) is 0 Å². The smallest absolute Gasteiger partial charge is 0.161 e. The Morgan fingerprint density at radius 3 is 1.51 bits per heavy atom. The van der Waals surface area contributed by atoms with Crippen molar-refractivity contribution in [2.45, 2.75) is 105 Å². The minimum absolute atomic E-state index is 0.163. The zero-order valence-electron chi connectivity index (χ0n) is 27.0. The fourth-order valence-corrected chi connectivity index (χ4v) is 5.39. The molecule has 0 saturated carbocycles. The maximum absolute atomic E-state index is 5.53. The van der Waals surface area contributed by atoms with Crippen LogP contribution in [0.5, 0.6) is 11.5 Å². The molecule has 0 amide bonds. The van der Waals surface area contributed by atoms with E-state index in [4.69, 9.17) is 9.47 Å². The van der Waals surface area contributed by atoms with Crippen molar-refractivity contribution in [3.05, 3.63) is 94.5 Å². The first-order valence-corrected chi connectivity index (χ1v) is 15.3. The zero-order chi connectivity index (χ0) is 29.8. The number of benzene rings is 3.